The lowest BCUT2D eigenvalue weighted by Gasteiger charge is -2.24. The maximum atomic E-state index is 11.4. The maximum Gasteiger partial charge on any atom is 0.329 e. The number of urea groups is 1. The van der Waals surface area contributed by atoms with Gasteiger partial charge in [0.2, 0.25) is 0 Å². The Hall–Kier alpha value is -1.67. The van der Waals surface area contributed by atoms with Crippen LogP contribution in [0.15, 0.2) is 0 Å². The minimum Gasteiger partial charge on any atom is -0.480 e. The highest BCUT2D eigenvalue weighted by Crippen LogP contribution is 2.01. The third-order valence-corrected chi connectivity index (χ3v) is 1.67. The summed E-state index contributed by atoms with van der Waals surface area (Å²) in [5.74, 6) is -1.91. The lowest BCUT2D eigenvalue weighted by Crippen LogP contribution is -2.52. The molecule has 0 saturated heterocycles. The molecule has 0 fully saturated rings. The van der Waals surface area contributed by atoms with Crippen molar-refractivity contribution in [2.75, 3.05) is 26.9 Å². The fourth-order valence-electron chi connectivity index (χ4n) is 1.13. The van der Waals surface area contributed by atoms with Gasteiger partial charge in [-0.1, -0.05) is 0 Å². The Bertz CT molecular complexity index is 315. The van der Waals surface area contributed by atoms with Crippen LogP contribution in [0.1, 0.15) is 13.8 Å². The zero-order valence-corrected chi connectivity index (χ0v) is 10.6. The Morgan fingerprint density at radius 1 is 1.22 bits per heavy atom. The number of carboxylic acid groups (broad SMARTS) is 1. The first-order valence-corrected chi connectivity index (χ1v) is 5.17. The molecule has 8 nitrogen and oxygen atoms in total. The number of aliphatic carboxylic acids is 1. The second-order valence-electron chi connectivity index (χ2n) is 4.21. The van der Waals surface area contributed by atoms with Crippen molar-refractivity contribution >= 4 is 17.9 Å². The number of carbonyl (C=O) groups excluding carboxylic acids is 2. The molecule has 8 heteroatoms. The van der Waals surface area contributed by atoms with Crippen LogP contribution in [0.5, 0.6) is 0 Å². The molecule has 0 aliphatic carbocycles. The molecule has 0 aliphatic rings. The SMILES string of the molecule is COCC(C)(C)NC(=O)NC(=O)COCC(=O)O. The number of carboxylic acids is 1. The van der Waals surface area contributed by atoms with Gasteiger partial charge >= 0.3 is 12.0 Å². The summed E-state index contributed by atoms with van der Waals surface area (Å²) in [5.41, 5.74) is -0.624. The minimum absolute atomic E-state index is 0.282. The second-order valence-corrected chi connectivity index (χ2v) is 4.21. The van der Waals surface area contributed by atoms with Gasteiger partial charge in [0.1, 0.15) is 13.2 Å². The van der Waals surface area contributed by atoms with Gasteiger partial charge in [-0.05, 0) is 13.8 Å². The Morgan fingerprint density at radius 3 is 2.33 bits per heavy atom. The highest BCUT2D eigenvalue weighted by atomic mass is 16.5. The first-order valence-electron chi connectivity index (χ1n) is 5.17. The zero-order valence-electron chi connectivity index (χ0n) is 10.6. The number of nitrogens with one attached hydrogen (secondary N) is 2. The van der Waals surface area contributed by atoms with E-state index in [9.17, 15) is 14.4 Å². The van der Waals surface area contributed by atoms with E-state index < -0.39 is 36.7 Å². The molecule has 18 heavy (non-hydrogen) atoms. The van der Waals surface area contributed by atoms with E-state index in [1.54, 1.807) is 13.8 Å². The fraction of sp³-hybridized carbons (Fsp3) is 0.700. The van der Waals surface area contributed by atoms with Crippen molar-refractivity contribution in [3.63, 3.8) is 0 Å². The number of imide groups is 1. The quantitative estimate of drug-likeness (QED) is 0.561. The molecule has 3 amide bonds. The van der Waals surface area contributed by atoms with Crippen molar-refractivity contribution in [3.05, 3.63) is 0 Å². The number of carbonyl (C=O) groups is 3. The summed E-state index contributed by atoms with van der Waals surface area (Å²) in [5, 5.41) is 12.8. The third kappa shape index (κ3) is 8.48. The van der Waals surface area contributed by atoms with Crippen LogP contribution in [0.2, 0.25) is 0 Å². The Balaban J connectivity index is 3.94. The van der Waals surface area contributed by atoms with Gasteiger partial charge in [0.05, 0.1) is 12.1 Å². The predicted molar refractivity (Wildman–Crippen MR) is 61.1 cm³/mol. The van der Waals surface area contributed by atoms with Gasteiger partial charge < -0.3 is 19.9 Å². The van der Waals surface area contributed by atoms with E-state index >= 15 is 0 Å². The van der Waals surface area contributed by atoms with Crippen molar-refractivity contribution in [2.45, 2.75) is 19.4 Å². The summed E-state index contributed by atoms with van der Waals surface area (Å²) in [6.45, 7) is 2.64. The Morgan fingerprint density at radius 2 is 1.83 bits per heavy atom. The van der Waals surface area contributed by atoms with Crippen LogP contribution in [-0.2, 0) is 19.1 Å². The van der Waals surface area contributed by atoms with Crippen LogP contribution in [0.4, 0.5) is 4.79 Å². The predicted octanol–water partition coefficient (Wildman–Crippen LogP) is -0.662. The Labute approximate surface area is 105 Å². The van der Waals surface area contributed by atoms with Gasteiger partial charge in [0, 0.05) is 7.11 Å². The van der Waals surface area contributed by atoms with Crippen LogP contribution in [0.3, 0.4) is 0 Å². The van der Waals surface area contributed by atoms with Crippen molar-refractivity contribution in [1.29, 1.82) is 0 Å². The summed E-state index contributed by atoms with van der Waals surface area (Å²) in [6.07, 6.45) is 0. The summed E-state index contributed by atoms with van der Waals surface area (Å²) in [6, 6.07) is -0.694. The largest absolute Gasteiger partial charge is 0.480 e. The average molecular weight is 262 g/mol. The number of hydrogen-bond donors (Lipinski definition) is 3. The molecule has 104 valence electrons. The lowest BCUT2D eigenvalue weighted by atomic mass is 10.1. The van der Waals surface area contributed by atoms with Crippen molar-refractivity contribution in [1.82, 2.24) is 10.6 Å². The normalized spacial score (nSPS) is 10.8. The molecule has 0 heterocycles. The molecule has 0 unspecified atom stereocenters. The van der Waals surface area contributed by atoms with E-state index in [2.05, 4.69) is 10.1 Å². The van der Waals surface area contributed by atoms with Gasteiger partial charge in [0.15, 0.2) is 0 Å². The third-order valence-electron chi connectivity index (χ3n) is 1.67. The van der Waals surface area contributed by atoms with Crippen LogP contribution in [0, 0.1) is 0 Å². The van der Waals surface area contributed by atoms with E-state index in [0.717, 1.165) is 0 Å². The van der Waals surface area contributed by atoms with Gasteiger partial charge in [-0.25, -0.2) is 9.59 Å². The number of ether oxygens (including phenoxy) is 2. The molecule has 0 spiro atoms. The van der Waals surface area contributed by atoms with Crippen LogP contribution in [-0.4, -0.2) is 55.5 Å². The van der Waals surface area contributed by atoms with Gasteiger partial charge in [-0.15, -0.1) is 0 Å². The number of hydrogen-bond acceptors (Lipinski definition) is 5. The van der Waals surface area contributed by atoms with E-state index in [1.165, 1.54) is 7.11 Å². The molecule has 0 aromatic rings. The zero-order chi connectivity index (χ0) is 14.2. The average Bonchev–Trinajstić information content (AvgIpc) is 2.14. The van der Waals surface area contributed by atoms with E-state index in [1.807, 2.05) is 5.32 Å². The smallest absolute Gasteiger partial charge is 0.329 e. The van der Waals surface area contributed by atoms with Gasteiger partial charge in [-0.3, -0.25) is 10.1 Å². The highest BCUT2D eigenvalue weighted by Gasteiger charge is 2.21. The number of amides is 3. The molecule has 0 aromatic heterocycles. The molecule has 0 aliphatic heterocycles. The first kappa shape index (κ1) is 16.3. The van der Waals surface area contributed by atoms with Crippen molar-refractivity contribution < 1.29 is 29.0 Å². The molecule has 0 aromatic carbocycles. The standard InChI is InChI=1S/C10H18N2O6/c1-10(2,6-17-3)12-9(16)11-7(13)4-18-5-8(14)15/h4-6H2,1-3H3,(H,14,15)(H2,11,12,13,16). The molecule has 3 N–H and O–H groups in total. The first-order chi connectivity index (χ1) is 8.26. The summed E-state index contributed by atoms with van der Waals surface area (Å²) >= 11 is 0. The van der Waals surface area contributed by atoms with Gasteiger partial charge in [0.25, 0.3) is 5.91 Å². The Kier molecular flexibility index (Phi) is 6.91. The number of methoxy groups -OCH3 is 1. The second kappa shape index (κ2) is 7.62. The fourth-order valence-corrected chi connectivity index (χ4v) is 1.13. The molecule has 0 radical (unpaired) electrons. The molecular formula is C10H18N2O6. The highest BCUT2D eigenvalue weighted by molar-refractivity contribution is 5.95. The summed E-state index contributed by atoms with van der Waals surface area (Å²) in [7, 11) is 1.49. The number of rotatable bonds is 7. The van der Waals surface area contributed by atoms with Crippen molar-refractivity contribution in [2.24, 2.45) is 0 Å². The van der Waals surface area contributed by atoms with E-state index in [4.69, 9.17) is 9.84 Å². The van der Waals surface area contributed by atoms with Crippen molar-refractivity contribution in [3.8, 4) is 0 Å². The summed E-state index contributed by atoms with van der Waals surface area (Å²) in [4.78, 5) is 32.6. The van der Waals surface area contributed by atoms with E-state index in [-0.39, 0.29) is 6.61 Å². The maximum absolute atomic E-state index is 11.4. The monoisotopic (exact) mass is 262 g/mol. The molecule has 0 atom stereocenters. The van der Waals surface area contributed by atoms with Crippen LogP contribution >= 0.6 is 0 Å². The van der Waals surface area contributed by atoms with Gasteiger partial charge in [-0.2, -0.15) is 0 Å². The molecule has 0 saturated carbocycles. The molecule has 0 bridgehead atoms. The minimum atomic E-state index is -1.19. The van der Waals surface area contributed by atoms with E-state index in [0.29, 0.717) is 0 Å². The van der Waals surface area contributed by atoms with Crippen LogP contribution in [0.25, 0.3) is 0 Å². The topological polar surface area (TPSA) is 114 Å². The summed E-state index contributed by atoms with van der Waals surface area (Å²) < 4.78 is 9.41. The molecule has 0 rings (SSSR count). The molecular weight excluding hydrogens is 244 g/mol. The lowest BCUT2D eigenvalue weighted by molar-refractivity contribution is -0.143. The van der Waals surface area contributed by atoms with Crippen LogP contribution < -0.4 is 10.6 Å².